The fourth-order valence-corrected chi connectivity index (χ4v) is 2.65. The molecule has 2 aliphatic rings. The minimum atomic E-state index is 0.852. The van der Waals surface area contributed by atoms with Crippen LogP contribution in [0.1, 0.15) is 52.4 Å². The molecule has 2 rings (SSSR count). The van der Waals surface area contributed by atoms with Crippen LogP contribution in [0.5, 0.6) is 0 Å². The van der Waals surface area contributed by atoms with Crippen LogP contribution in [0.25, 0.3) is 0 Å². The van der Waals surface area contributed by atoms with E-state index in [1.165, 1.54) is 45.1 Å². The van der Waals surface area contributed by atoms with Gasteiger partial charge < -0.3 is 5.32 Å². The monoisotopic (exact) mass is 195 g/mol. The van der Waals surface area contributed by atoms with Gasteiger partial charge in [0.1, 0.15) is 0 Å². The van der Waals surface area contributed by atoms with Gasteiger partial charge in [0.2, 0.25) is 0 Å². The summed E-state index contributed by atoms with van der Waals surface area (Å²) in [6, 6.07) is 0.852. The first-order chi connectivity index (χ1) is 6.75. The molecule has 2 fully saturated rings. The van der Waals surface area contributed by atoms with Crippen LogP contribution < -0.4 is 5.32 Å². The zero-order chi connectivity index (χ0) is 9.97. The maximum absolute atomic E-state index is 3.74. The van der Waals surface area contributed by atoms with E-state index < -0.39 is 0 Å². The second-order valence-electron chi connectivity index (χ2n) is 5.71. The topological polar surface area (TPSA) is 12.0 Å². The molecule has 14 heavy (non-hydrogen) atoms. The Hall–Kier alpha value is -0.0400. The summed E-state index contributed by atoms with van der Waals surface area (Å²) < 4.78 is 0. The molecule has 2 saturated carbocycles. The fourth-order valence-electron chi connectivity index (χ4n) is 2.65. The molecular formula is C13H25N. The van der Waals surface area contributed by atoms with Gasteiger partial charge in [-0.3, -0.25) is 0 Å². The van der Waals surface area contributed by atoms with Gasteiger partial charge in [0.15, 0.2) is 0 Å². The molecule has 0 bridgehead atoms. The van der Waals surface area contributed by atoms with E-state index in [4.69, 9.17) is 0 Å². The molecule has 1 N–H and O–H groups in total. The molecule has 0 aromatic heterocycles. The fraction of sp³-hybridized carbons (Fsp3) is 1.00. The third kappa shape index (κ3) is 2.98. The lowest BCUT2D eigenvalue weighted by Crippen LogP contribution is -2.35. The van der Waals surface area contributed by atoms with Gasteiger partial charge in [0.05, 0.1) is 0 Å². The summed E-state index contributed by atoms with van der Waals surface area (Å²) >= 11 is 0. The van der Waals surface area contributed by atoms with Crippen molar-refractivity contribution in [3.63, 3.8) is 0 Å². The molecule has 0 heterocycles. The van der Waals surface area contributed by atoms with Crippen molar-refractivity contribution < 1.29 is 0 Å². The van der Waals surface area contributed by atoms with Gasteiger partial charge in [-0.05, 0) is 62.8 Å². The minimum Gasteiger partial charge on any atom is -0.314 e. The normalized spacial score (nSPS) is 33.6. The largest absolute Gasteiger partial charge is 0.314 e. The Bertz CT molecular complexity index is 164. The van der Waals surface area contributed by atoms with E-state index in [-0.39, 0.29) is 0 Å². The first kappa shape index (κ1) is 10.5. The quantitative estimate of drug-likeness (QED) is 0.726. The lowest BCUT2D eigenvalue weighted by molar-refractivity contribution is 0.238. The van der Waals surface area contributed by atoms with Crippen LogP contribution in [-0.4, -0.2) is 12.6 Å². The van der Waals surface area contributed by atoms with E-state index in [1.54, 1.807) is 0 Å². The average molecular weight is 195 g/mol. The molecule has 0 radical (unpaired) electrons. The van der Waals surface area contributed by atoms with Crippen molar-refractivity contribution in [2.45, 2.75) is 58.4 Å². The van der Waals surface area contributed by atoms with Crippen LogP contribution in [0.3, 0.4) is 0 Å². The SMILES string of the molecule is CC(C)[C@H]1CC[C@H](NCC2CC2)CC1. The van der Waals surface area contributed by atoms with E-state index >= 15 is 0 Å². The minimum absolute atomic E-state index is 0.852. The molecule has 1 nitrogen and oxygen atoms in total. The van der Waals surface area contributed by atoms with Gasteiger partial charge in [0.25, 0.3) is 0 Å². The molecule has 0 spiro atoms. The Morgan fingerprint density at radius 1 is 1.00 bits per heavy atom. The molecule has 0 saturated heterocycles. The molecule has 0 unspecified atom stereocenters. The number of nitrogens with one attached hydrogen (secondary N) is 1. The Balaban J connectivity index is 1.62. The maximum Gasteiger partial charge on any atom is 0.00673 e. The smallest absolute Gasteiger partial charge is 0.00673 e. The number of hydrogen-bond acceptors (Lipinski definition) is 1. The first-order valence-electron chi connectivity index (χ1n) is 6.49. The molecule has 0 aromatic carbocycles. The Morgan fingerprint density at radius 2 is 1.64 bits per heavy atom. The van der Waals surface area contributed by atoms with E-state index in [9.17, 15) is 0 Å². The lowest BCUT2D eigenvalue weighted by Gasteiger charge is -2.31. The molecule has 0 amide bonds. The summed E-state index contributed by atoms with van der Waals surface area (Å²) in [6.07, 6.45) is 8.73. The summed E-state index contributed by atoms with van der Waals surface area (Å²) in [7, 11) is 0. The van der Waals surface area contributed by atoms with E-state index in [2.05, 4.69) is 19.2 Å². The summed E-state index contributed by atoms with van der Waals surface area (Å²) in [5.74, 6) is 2.95. The van der Waals surface area contributed by atoms with E-state index in [0.717, 1.165) is 23.8 Å². The second-order valence-corrected chi connectivity index (χ2v) is 5.71. The zero-order valence-corrected chi connectivity index (χ0v) is 9.76. The predicted molar refractivity (Wildman–Crippen MR) is 61.3 cm³/mol. The van der Waals surface area contributed by atoms with Gasteiger partial charge in [0, 0.05) is 6.04 Å². The van der Waals surface area contributed by atoms with Crippen molar-refractivity contribution in [1.82, 2.24) is 5.32 Å². The number of rotatable bonds is 4. The molecule has 2 aliphatic carbocycles. The van der Waals surface area contributed by atoms with Crippen molar-refractivity contribution in [2.24, 2.45) is 17.8 Å². The summed E-state index contributed by atoms with van der Waals surface area (Å²) in [6.45, 7) is 6.06. The summed E-state index contributed by atoms with van der Waals surface area (Å²) in [4.78, 5) is 0. The lowest BCUT2D eigenvalue weighted by atomic mass is 9.80. The Kier molecular flexibility index (Phi) is 3.48. The average Bonchev–Trinajstić information content (AvgIpc) is 2.99. The highest BCUT2D eigenvalue weighted by Crippen LogP contribution is 2.31. The Morgan fingerprint density at radius 3 is 2.14 bits per heavy atom. The molecular weight excluding hydrogens is 170 g/mol. The molecule has 0 aromatic rings. The van der Waals surface area contributed by atoms with Crippen molar-refractivity contribution >= 4 is 0 Å². The maximum atomic E-state index is 3.74. The van der Waals surface area contributed by atoms with Crippen LogP contribution >= 0.6 is 0 Å². The van der Waals surface area contributed by atoms with E-state index in [1.807, 2.05) is 0 Å². The molecule has 1 heteroatoms. The van der Waals surface area contributed by atoms with Gasteiger partial charge in [-0.25, -0.2) is 0 Å². The highest BCUT2D eigenvalue weighted by atomic mass is 14.9. The van der Waals surface area contributed by atoms with Gasteiger partial charge in [-0.1, -0.05) is 13.8 Å². The predicted octanol–water partition coefficient (Wildman–Crippen LogP) is 3.20. The van der Waals surface area contributed by atoms with Crippen LogP contribution in [0, 0.1) is 17.8 Å². The Labute approximate surface area is 88.7 Å². The zero-order valence-electron chi connectivity index (χ0n) is 9.76. The highest BCUT2D eigenvalue weighted by Gasteiger charge is 2.25. The summed E-state index contributed by atoms with van der Waals surface area (Å²) in [5, 5.41) is 3.74. The van der Waals surface area contributed by atoms with E-state index in [0.29, 0.717) is 0 Å². The van der Waals surface area contributed by atoms with Crippen molar-refractivity contribution in [2.75, 3.05) is 6.54 Å². The van der Waals surface area contributed by atoms with Gasteiger partial charge >= 0.3 is 0 Å². The standard InChI is InChI=1S/C13H25N/c1-10(2)12-5-7-13(8-6-12)14-9-11-3-4-11/h10-14H,3-9H2,1-2H3/t12-,13-. The van der Waals surface area contributed by atoms with Crippen LogP contribution in [0.4, 0.5) is 0 Å². The van der Waals surface area contributed by atoms with Gasteiger partial charge in [-0.2, -0.15) is 0 Å². The molecule has 82 valence electrons. The third-order valence-corrected chi connectivity index (χ3v) is 4.11. The van der Waals surface area contributed by atoms with Crippen molar-refractivity contribution in [1.29, 1.82) is 0 Å². The highest BCUT2D eigenvalue weighted by molar-refractivity contribution is 4.82. The van der Waals surface area contributed by atoms with Crippen LogP contribution in [0.2, 0.25) is 0 Å². The van der Waals surface area contributed by atoms with Crippen LogP contribution in [-0.2, 0) is 0 Å². The molecule has 0 atom stereocenters. The first-order valence-corrected chi connectivity index (χ1v) is 6.49. The second kappa shape index (κ2) is 4.65. The number of hydrogen-bond donors (Lipinski definition) is 1. The summed E-state index contributed by atoms with van der Waals surface area (Å²) in [5.41, 5.74) is 0. The van der Waals surface area contributed by atoms with Crippen LogP contribution in [0.15, 0.2) is 0 Å². The third-order valence-electron chi connectivity index (χ3n) is 4.11. The van der Waals surface area contributed by atoms with Crippen molar-refractivity contribution in [3.8, 4) is 0 Å². The van der Waals surface area contributed by atoms with Gasteiger partial charge in [-0.15, -0.1) is 0 Å². The molecule has 0 aliphatic heterocycles. The van der Waals surface area contributed by atoms with Crippen molar-refractivity contribution in [3.05, 3.63) is 0 Å².